The lowest BCUT2D eigenvalue weighted by Gasteiger charge is -2.29. The maximum absolute atomic E-state index is 11.1. The molecule has 2 aliphatic carbocycles. The molecule has 6 unspecified atom stereocenters. The van der Waals surface area contributed by atoms with Crippen molar-refractivity contribution in [3.63, 3.8) is 0 Å². The molecule has 4 nitrogen and oxygen atoms in total. The fraction of sp³-hybridized carbons (Fsp3) is 0.786. The first-order valence-electron chi connectivity index (χ1n) is 6.93. The van der Waals surface area contributed by atoms with Gasteiger partial charge in [0.1, 0.15) is 0 Å². The standard InChI is InChI=1S/C14H19IO4/c1-2-18-12(16)3-4-17-6-10-8-5-9-11(10)7-19-14(9)13(8)15/h3-4,8-11,13-14H,2,5-7H2,1H3/b4-3+. The molecule has 6 atom stereocenters. The number of halogens is 1. The van der Waals surface area contributed by atoms with Crippen LogP contribution in [0.15, 0.2) is 12.3 Å². The minimum Gasteiger partial charge on any atom is -0.501 e. The zero-order valence-electron chi connectivity index (χ0n) is 11.0. The Hall–Kier alpha value is -0.300. The van der Waals surface area contributed by atoms with Crippen LogP contribution in [-0.2, 0) is 19.0 Å². The van der Waals surface area contributed by atoms with Gasteiger partial charge in [0, 0.05) is 9.84 Å². The maximum Gasteiger partial charge on any atom is 0.333 e. The molecule has 0 aromatic carbocycles. The first kappa shape index (κ1) is 13.7. The van der Waals surface area contributed by atoms with Crippen LogP contribution >= 0.6 is 22.6 Å². The Morgan fingerprint density at radius 3 is 3.05 bits per heavy atom. The number of ether oxygens (including phenoxy) is 3. The predicted molar refractivity (Wildman–Crippen MR) is 77.9 cm³/mol. The minimum absolute atomic E-state index is 0.341. The van der Waals surface area contributed by atoms with Crippen LogP contribution in [0.2, 0.25) is 0 Å². The first-order chi connectivity index (χ1) is 9.22. The van der Waals surface area contributed by atoms with Crippen molar-refractivity contribution < 1.29 is 19.0 Å². The van der Waals surface area contributed by atoms with Gasteiger partial charge >= 0.3 is 5.97 Å². The Labute approximate surface area is 127 Å². The van der Waals surface area contributed by atoms with Crippen LogP contribution in [0.4, 0.5) is 0 Å². The number of rotatable bonds is 5. The van der Waals surface area contributed by atoms with Crippen molar-refractivity contribution in [3.8, 4) is 0 Å². The van der Waals surface area contributed by atoms with E-state index in [4.69, 9.17) is 14.2 Å². The Morgan fingerprint density at radius 2 is 2.26 bits per heavy atom. The van der Waals surface area contributed by atoms with E-state index in [0.29, 0.717) is 35.1 Å². The lowest BCUT2D eigenvalue weighted by Crippen LogP contribution is -2.35. The van der Waals surface area contributed by atoms with E-state index in [0.717, 1.165) is 18.4 Å². The van der Waals surface area contributed by atoms with Crippen molar-refractivity contribution in [2.24, 2.45) is 23.7 Å². The van der Waals surface area contributed by atoms with Gasteiger partial charge in [-0.25, -0.2) is 4.79 Å². The average molecular weight is 378 g/mol. The molecular formula is C14H19IO4. The third-order valence-corrected chi connectivity index (χ3v) is 6.33. The zero-order chi connectivity index (χ0) is 13.4. The smallest absolute Gasteiger partial charge is 0.333 e. The predicted octanol–water partition coefficient (Wildman–Crippen LogP) is 2.16. The number of alkyl halides is 1. The highest BCUT2D eigenvalue weighted by molar-refractivity contribution is 14.1. The molecule has 19 heavy (non-hydrogen) atoms. The minimum atomic E-state index is -0.341. The largest absolute Gasteiger partial charge is 0.501 e. The summed E-state index contributed by atoms with van der Waals surface area (Å²) in [5, 5.41) is 0. The molecule has 0 radical (unpaired) electrons. The van der Waals surface area contributed by atoms with Gasteiger partial charge in [0.2, 0.25) is 0 Å². The lowest BCUT2D eigenvalue weighted by molar-refractivity contribution is -0.137. The molecule has 1 heterocycles. The second-order valence-corrected chi connectivity index (χ2v) is 6.96. The van der Waals surface area contributed by atoms with Crippen LogP contribution in [0.5, 0.6) is 0 Å². The van der Waals surface area contributed by atoms with E-state index in [9.17, 15) is 4.79 Å². The molecule has 3 fully saturated rings. The average Bonchev–Trinajstić information content (AvgIpc) is 2.98. The van der Waals surface area contributed by atoms with Crippen molar-refractivity contribution in [3.05, 3.63) is 12.3 Å². The molecule has 0 aromatic heterocycles. The van der Waals surface area contributed by atoms with E-state index in [1.807, 2.05) is 0 Å². The highest BCUT2D eigenvalue weighted by atomic mass is 127. The highest BCUT2D eigenvalue weighted by Gasteiger charge is 2.61. The third kappa shape index (κ3) is 2.39. The number of fused-ring (bicyclic) bond motifs is 1. The Bertz CT molecular complexity index is 384. The van der Waals surface area contributed by atoms with Crippen molar-refractivity contribution >= 4 is 28.6 Å². The van der Waals surface area contributed by atoms with Gasteiger partial charge in [0.05, 0.1) is 38.3 Å². The van der Waals surface area contributed by atoms with Crippen LogP contribution in [-0.4, -0.2) is 35.8 Å². The summed E-state index contributed by atoms with van der Waals surface area (Å²) in [6.07, 6.45) is 4.60. The summed E-state index contributed by atoms with van der Waals surface area (Å²) >= 11 is 2.54. The van der Waals surface area contributed by atoms with Gasteiger partial charge in [0.25, 0.3) is 0 Å². The number of hydrogen-bond acceptors (Lipinski definition) is 4. The Balaban J connectivity index is 1.50. The fourth-order valence-corrected chi connectivity index (χ4v) is 5.48. The van der Waals surface area contributed by atoms with Gasteiger partial charge in [-0.15, -0.1) is 0 Å². The summed E-state index contributed by atoms with van der Waals surface area (Å²) in [4.78, 5) is 11.1. The number of carbonyl (C=O) groups excluding carboxylic acids is 1. The first-order valence-corrected chi connectivity index (χ1v) is 8.17. The van der Waals surface area contributed by atoms with Crippen molar-refractivity contribution in [1.82, 2.24) is 0 Å². The van der Waals surface area contributed by atoms with Gasteiger partial charge in [-0.3, -0.25) is 0 Å². The van der Waals surface area contributed by atoms with E-state index < -0.39 is 0 Å². The van der Waals surface area contributed by atoms with Crippen LogP contribution in [0.25, 0.3) is 0 Å². The molecular weight excluding hydrogens is 359 g/mol. The van der Waals surface area contributed by atoms with Crippen molar-refractivity contribution in [1.29, 1.82) is 0 Å². The van der Waals surface area contributed by atoms with Crippen LogP contribution in [0, 0.1) is 23.7 Å². The second kappa shape index (κ2) is 5.60. The summed E-state index contributed by atoms with van der Waals surface area (Å²) in [5.74, 6) is 2.37. The molecule has 1 saturated heterocycles. The second-order valence-electron chi connectivity index (χ2n) is 5.52. The summed E-state index contributed by atoms with van der Waals surface area (Å²) in [5.41, 5.74) is 0. The number of esters is 1. The molecule has 106 valence electrons. The van der Waals surface area contributed by atoms with Crippen molar-refractivity contribution in [2.45, 2.75) is 23.4 Å². The molecule has 0 aromatic rings. The maximum atomic E-state index is 11.1. The van der Waals surface area contributed by atoms with Crippen LogP contribution in [0.1, 0.15) is 13.3 Å². The van der Waals surface area contributed by atoms with E-state index in [1.54, 1.807) is 6.92 Å². The molecule has 2 saturated carbocycles. The Kier molecular flexibility index (Phi) is 4.03. The molecule has 3 rings (SSSR count). The monoisotopic (exact) mass is 378 g/mol. The SMILES string of the molecule is CCOC(=O)/C=C/OCC1C2CC3C1COC3C2I. The van der Waals surface area contributed by atoms with Crippen LogP contribution in [0.3, 0.4) is 0 Å². The topological polar surface area (TPSA) is 44.8 Å². The van der Waals surface area contributed by atoms with Gasteiger partial charge in [-0.2, -0.15) is 0 Å². The van der Waals surface area contributed by atoms with Gasteiger partial charge in [-0.1, -0.05) is 22.6 Å². The van der Waals surface area contributed by atoms with E-state index in [-0.39, 0.29) is 5.97 Å². The lowest BCUT2D eigenvalue weighted by atomic mass is 9.81. The molecule has 0 amide bonds. The van der Waals surface area contributed by atoms with Gasteiger partial charge in [0.15, 0.2) is 0 Å². The molecule has 2 bridgehead atoms. The highest BCUT2D eigenvalue weighted by Crippen LogP contribution is 2.59. The number of hydrogen-bond donors (Lipinski definition) is 0. The van der Waals surface area contributed by atoms with E-state index in [2.05, 4.69) is 22.6 Å². The molecule has 3 aliphatic rings. The van der Waals surface area contributed by atoms with Crippen molar-refractivity contribution in [2.75, 3.05) is 19.8 Å². The summed E-state index contributed by atoms with van der Waals surface area (Å²) < 4.78 is 16.9. The third-order valence-electron chi connectivity index (χ3n) is 4.70. The van der Waals surface area contributed by atoms with E-state index >= 15 is 0 Å². The fourth-order valence-electron chi connectivity index (χ4n) is 3.92. The Morgan fingerprint density at radius 1 is 1.42 bits per heavy atom. The summed E-state index contributed by atoms with van der Waals surface area (Å²) in [7, 11) is 0. The summed E-state index contributed by atoms with van der Waals surface area (Å²) in [6.45, 7) is 3.77. The zero-order valence-corrected chi connectivity index (χ0v) is 13.1. The number of carbonyl (C=O) groups is 1. The van der Waals surface area contributed by atoms with Gasteiger partial charge < -0.3 is 14.2 Å². The molecule has 0 spiro atoms. The summed E-state index contributed by atoms with van der Waals surface area (Å²) in [6, 6.07) is 0. The van der Waals surface area contributed by atoms with Gasteiger partial charge in [-0.05, 0) is 31.1 Å². The van der Waals surface area contributed by atoms with Crippen LogP contribution < -0.4 is 0 Å². The molecule has 0 N–H and O–H groups in total. The normalized spacial score (nSPS) is 43.1. The molecule has 5 heteroatoms. The van der Waals surface area contributed by atoms with E-state index in [1.165, 1.54) is 18.8 Å². The quantitative estimate of drug-likeness (QED) is 0.242. The molecule has 1 aliphatic heterocycles.